The summed E-state index contributed by atoms with van der Waals surface area (Å²) in [6.45, 7) is 6.31. The van der Waals surface area contributed by atoms with Crippen molar-refractivity contribution in [3.63, 3.8) is 0 Å². The summed E-state index contributed by atoms with van der Waals surface area (Å²) in [6, 6.07) is 8.22. The van der Waals surface area contributed by atoms with E-state index in [9.17, 15) is 4.79 Å². The molecular weight excluding hydrogens is 332 g/mol. The van der Waals surface area contributed by atoms with Crippen molar-refractivity contribution in [2.75, 3.05) is 33.3 Å². The topological polar surface area (TPSA) is 41.6 Å². The number of benzene rings is 1. The molecule has 0 aliphatic carbocycles. The molecule has 0 aromatic heterocycles. The van der Waals surface area contributed by atoms with Crippen LogP contribution in [-0.2, 0) is 16.1 Å². The minimum atomic E-state index is -0.181. The number of carbonyl (C=O) groups is 1. The average Bonchev–Trinajstić information content (AvgIpc) is 2.85. The zero-order valence-corrected chi connectivity index (χ0v) is 14.3. The predicted octanol–water partition coefficient (Wildman–Crippen LogP) is 2.42. The second kappa shape index (κ2) is 7.38. The second-order valence-electron chi connectivity index (χ2n) is 6.09. The number of carbonyl (C=O) groups excluding carboxylic acids is 1. The summed E-state index contributed by atoms with van der Waals surface area (Å²) in [7, 11) is 1.44. The normalized spacial score (nSPS) is 21.7. The van der Waals surface area contributed by atoms with Crippen molar-refractivity contribution in [3.8, 4) is 0 Å². The molecule has 0 radical (unpaired) electrons. The van der Waals surface area contributed by atoms with Crippen molar-refractivity contribution in [2.45, 2.75) is 19.9 Å². The zero-order chi connectivity index (χ0) is 15.3. The summed E-state index contributed by atoms with van der Waals surface area (Å²) in [5, 5.41) is 3.41. The Morgan fingerprint density at radius 3 is 2.95 bits per heavy atom. The van der Waals surface area contributed by atoms with E-state index < -0.39 is 0 Å². The molecule has 1 aliphatic rings. The van der Waals surface area contributed by atoms with E-state index in [1.165, 1.54) is 12.7 Å². The molecule has 1 aromatic rings. The highest BCUT2D eigenvalue weighted by Gasteiger charge is 2.31. The molecule has 2 rings (SSSR count). The molecule has 1 N–H and O–H groups in total. The highest BCUT2D eigenvalue weighted by Crippen LogP contribution is 2.26. The molecule has 0 bridgehead atoms. The largest absolute Gasteiger partial charge is 0.468 e. The van der Waals surface area contributed by atoms with E-state index in [0.29, 0.717) is 6.54 Å². The molecule has 4 nitrogen and oxygen atoms in total. The van der Waals surface area contributed by atoms with Gasteiger partial charge in [-0.2, -0.15) is 0 Å². The maximum absolute atomic E-state index is 11.7. The number of rotatable bonds is 6. The first-order valence-corrected chi connectivity index (χ1v) is 8.04. The van der Waals surface area contributed by atoms with Crippen molar-refractivity contribution in [1.29, 1.82) is 0 Å². The Labute approximate surface area is 135 Å². The van der Waals surface area contributed by atoms with Crippen LogP contribution in [0.25, 0.3) is 0 Å². The lowest BCUT2D eigenvalue weighted by molar-refractivity contribution is -0.142. The molecule has 1 saturated heterocycles. The Morgan fingerprint density at radius 2 is 2.33 bits per heavy atom. The SMILES string of the molecule is COC(=O)CN(Cc1cccc(Br)c1)CC1(C)CCNC1. The maximum Gasteiger partial charge on any atom is 0.319 e. The Morgan fingerprint density at radius 1 is 1.52 bits per heavy atom. The molecule has 5 heteroatoms. The van der Waals surface area contributed by atoms with Gasteiger partial charge in [-0.3, -0.25) is 9.69 Å². The van der Waals surface area contributed by atoms with Gasteiger partial charge in [0.15, 0.2) is 0 Å². The van der Waals surface area contributed by atoms with Crippen molar-refractivity contribution >= 4 is 21.9 Å². The van der Waals surface area contributed by atoms with Crippen molar-refractivity contribution in [2.24, 2.45) is 5.41 Å². The van der Waals surface area contributed by atoms with Crippen molar-refractivity contribution < 1.29 is 9.53 Å². The minimum absolute atomic E-state index is 0.181. The van der Waals surface area contributed by atoms with Gasteiger partial charge < -0.3 is 10.1 Å². The number of methoxy groups -OCH3 is 1. The van der Waals surface area contributed by atoms with Gasteiger partial charge in [0.25, 0.3) is 0 Å². The maximum atomic E-state index is 11.7. The molecular formula is C16H23BrN2O2. The highest BCUT2D eigenvalue weighted by molar-refractivity contribution is 9.10. The van der Waals surface area contributed by atoms with Gasteiger partial charge in [-0.15, -0.1) is 0 Å². The highest BCUT2D eigenvalue weighted by atomic mass is 79.9. The van der Waals surface area contributed by atoms with E-state index >= 15 is 0 Å². The van der Waals surface area contributed by atoms with Crippen LogP contribution >= 0.6 is 15.9 Å². The number of halogens is 1. The summed E-state index contributed by atoms with van der Waals surface area (Å²) < 4.78 is 5.90. The number of esters is 1. The van der Waals surface area contributed by atoms with E-state index in [0.717, 1.165) is 37.1 Å². The van der Waals surface area contributed by atoms with Gasteiger partial charge in [0.05, 0.1) is 13.7 Å². The first-order chi connectivity index (χ1) is 10.0. The molecule has 1 unspecified atom stereocenters. The van der Waals surface area contributed by atoms with E-state index in [1.54, 1.807) is 0 Å². The number of ether oxygens (including phenoxy) is 1. The third kappa shape index (κ3) is 5.09. The minimum Gasteiger partial charge on any atom is -0.468 e. The first kappa shape index (κ1) is 16.5. The number of hydrogen-bond acceptors (Lipinski definition) is 4. The molecule has 1 heterocycles. The Kier molecular flexibility index (Phi) is 5.79. The Hall–Kier alpha value is -0.910. The van der Waals surface area contributed by atoms with Crippen LogP contribution in [0.1, 0.15) is 18.9 Å². The molecule has 0 saturated carbocycles. The lowest BCUT2D eigenvalue weighted by Gasteiger charge is -2.31. The fourth-order valence-corrected chi connectivity index (χ4v) is 3.30. The fourth-order valence-electron chi connectivity index (χ4n) is 2.85. The Bertz CT molecular complexity index is 487. The number of hydrogen-bond donors (Lipinski definition) is 1. The van der Waals surface area contributed by atoms with Crippen LogP contribution in [0, 0.1) is 5.41 Å². The van der Waals surface area contributed by atoms with E-state index in [2.05, 4.69) is 45.2 Å². The smallest absolute Gasteiger partial charge is 0.319 e. The third-order valence-corrected chi connectivity index (χ3v) is 4.43. The average molecular weight is 355 g/mol. The van der Waals surface area contributed by atoms with Crippen LogP contribution in [0.15, 0.2) is 28.7 Å². The predicted molar refractivity (Wildman–Crippen MR) is 87.0 cm³/mol. The van der Waals surface area contributed by atoms with Gasteiger partial charge in [0, 0.05) is 24.1 Å². The van der Waals surface area contributed by atoms with Crippen LogP contribution < -0.4 is 5.32 Å². The van der Waals surface area contributed by atoms with E-state index in [1.807, 2.05) is 12.1 Å². The molecule has 0 amide bonds. The van der Waals surface area contributed by atoms with Crippen molar-refractivity contribution in [3.05, 3.63) is 34.3 Å². The quantitative estimate of drug-likeness (QED) is 0.796. The molecule has 21 heavy (non-hydrogen) atoms. The fraction of sp³-hybridized carbons (Fsp3) is 0.562. The molecule has 1 atom stereocenters. The van der Waals surface area contributed by atoms with Crippen LogP contribution in [0.3, 0.4) is 0 Å². The van der Waals surface area contributed by atoms with Crippen LogP contribution in [0.5, 0.6) is 0 Å². The van der Waals surface area contributed by atoms with Crippen LogP contribution in [0.4, 0.5) is 0 Å². The molecule has 1 aromatic carbocycles. The second-order valence-corrected chi connectivity index (χ2v) is 7.00. The van der Waals surface area contributed by atoms with E-state index in [4.69, 9.17) is 4.74 Å². The monoisotopic (exact) mass is 354 g/mol. The molecule has 0 spiro atoms. The van der Waals surface area contributed by atoms with E-state index in [-0.39, 0.29) is 11.4 Å². The van der Waals surface area contributed by atoms with Gasteiger partial charge in [-0.05, 0) is 36.1 Å². The zero-order valence-electron chi connectivity index (χ0n) is 12.7. The first-order valence-electron chi connectivity index (χ1n) is 7.25. The summed E-state index contributed by atoms with van der Waals surface area (Å²) in [4.78, 5) is 13.8. The summed E-state index contributed by atoms with van der Waals surface area (Å²) in [5.41, 5.74) is 1.42. The summed E-state index contributed by atoms with van der Waals surface area (Å²) in [5.74, 6) is -0.181. The van der Waals surface area contributed by atoms with Crippen molar-refractivity contribution in [1.82, 2.24) is 10.2 Å². The van der Waals surface area contributed by atoms with Gasteiger partial charge >= 0.3 is 5.97 Å². The Balaban J connectivity index is 2.06. The van der Waals surface area contributed by atoms with Gasteiger partial charge in [0.1, 0.15) is 0 Å². The number of nitrogens with zero attached hydrogens (tertiary/aromatic N) is 1. The third-order valence-electron chi connectivity index (χ3n) is 3.94. The lowest BCUT2D eigenvalue weighted by Crippen LogP contribution is -2.40. The van der Waals surface area contributed by atoms with Gasteiger partial charge in [-0.25, -0.2) is 0 Å². The summed E-state index contributed by atoms with van der Waals surface area (Å²) >= 11 is 3.50. The molecule has 1 aliphatic heterocycles. The lowest BCUT2D eigenvalue weighted by atomic mass is 9.89. The standard InChI is InChI=1S/C16H23BrN2O2/c1-16(6-7-18-11-16)12-19(10-15(20)21-2)9-13-4-3-5-14(17)8-13/h3-5,8,18H,6-7,9-12H2,1-2H3. The molecule has 116 valence electrons. The van der Waals surface area contributed by atoms with Crippen LogP contribution in [0.2, 0.25) is 0 Å². The van der Waals surface area contributed by atoms with Crippen LogP contribution in [-0.4, -0.2) is 44.2 Å². The molecule has 1 fully saturated rings. The van der Waals surface area contributed by atoms with Gasteiger partial charge in [-0.1, -0.05) is 35.0 Å². The van der Waals surface area contributed by atoms with Gasteiger partial charge in [0.2, 0.25) is 0 Å². The summed E-state index contributed by atoms with van der Waals surface area (Å²) in [6.07, 6.45) is 1.14. The number of nitrogens with one attached hydrogen (secondary N) is 1.